The highest BCUT2D eigenvalue weighted by Gasteiger charge is 2.15. The molecule has 0 aliphatic carbocycles. The topological polar surface area (TPSA) is 95.6 Å². The lowest BCUT2D eigenvalue weighted by atomic mass is 10.1. The molecular weight excluding hydrogens is 488 g/mol. The normalized spacial score (nSPS) is 11.6. The van der Waals surface area contributed by atoms with Crippen molar-refractivity contribution in [2.24, 2.45) is 0 Å². The molecule has 6 nitrogen and oxygen atoms in total. The van der Waals surface area contributed by atoms with Crippen LogP contribution in [0.15, 0.2) is 79.9 Å². The summed E-state index contributed by atoms with van der Waals surface area (Å²) in [6, 6.07) is 19.1. The van der Waals surface area contributed by atoms with Crippen molar-refractivity contribution in [3.8, 4) is 28.6 Å². The summed E-state index contributed by atoms with van der Waals surface area (Å²) in [6.45, 7) is 0. The number of benzene rings is 2. The third-order valence-corrected chi connectivity index (χ3v) is 6.23. The van der Waals surface area contributed by atoms with Crippen LogP contribution in [0.5, 0.6) is 0 Å². The molecule has 0 aliphatic heterocycles. The standard InChI is InChI=1S/C24H13BrN4O2S/c25-18-6-7-21-15(9-18)10-19(24(30)31-21)20-13-32-23(28-20)16(11-26)8-17-12-27-29-22(17)14-4-2-1-3-5-14/h1-10,12-13H,(H,27,29). The number of nitrogens with one attached hydrogen (secondary N) is 1. The van der Waals surface area contributed by atoms with Gasteiger partial charge in [-0.3, -0.25) is 5.10 Å². The number of H-pyrrole nitrogens is 1. The number of fused-ring (bicyclic) bond motifs is 1. The van der Waals surface area contributed by atoms with E-state index in [4.69, 9.17) is 4.42 Å². The molecule has 0 radical (unpaired) electrons. The maximum absolute atomic E-state index is 12.5. The number of aromatic nitrogens is 3. The van der Waals surface area contributed by atoms with E-state index in [1.54, 1.807) is 29.8 Å². The number of allylic oxidation sites excluding steroid dienone is 1. The van der Waals surface area contributed by atoms with Crippen molar-refractivity contribution in [3.05, 3.63) is 91.6 Å². The molecule has 0 unspecified atom stereocenters. The van der Waals surface area contributed by atoms with Crippen LogP contribution in [0.2, 0.25) is 0 Å². The zero-order valence-corrected chi connectivity index (χ0v) is 18.8. The highest BCUT2D eigenvalue weighted by molar-refractivity contribution is 9.10. The Labute approximate surface area is 194 Å². The van der Waals surface area contributed by atoms with E-state index in [0.29, 0.717) is 27.4 Å². The predicted molar refractivity (Wildman–Crippen MR) is 129 cm³/mol. The highest BCUT2D eigenvalue weighted by Crippen LogP contribution is 2.30. The first-order valence-electron chi connectivity index (χ1n) is 9.52. The van der Waals surface area contributed by atoms with Crippen LogP contribution in [-0.2, 0) is 0 Å². The van der Waals surface area contributed by atoms with Crippen molar-refractivity contribution in [2.75, 3.05) is 0 Å². The number of hydrogen-bond donors (Lipinski definition) is 1. The minimum Gasteiger partial charge on any atom is -0.422 e. The maximum Gasteiger partial charge on any atom is 0.345 e. The zero-order chi connectivity index (χ0) is 22.1. The van der Waals surface area contributed by atoms with E-state index < -0.39 is 5.63 Å². The van der Waals surface area contributed by atoms with Crippen LogP contribution in [-0.4, -0.2) is 15.2 Å². The molecule has 154 valence electrons. The second kappa shape index (κ2) is 8.38. The summed E-state index contributed by atoms with van der Waals surface area (Å²) >= 11 is 4.73. The Balaban J connectivity index is 1.54. The highest BCUT2D eigenvalue weighted by atomic mass is 79.9. The lowest BCUT2D eigenvalue weighted by Gasteiger charge is -2.01. The van der Waals surface area contributed by atoms with Crippen LogP contribution in [0.3, 0.4) is 0 Å². The SMILES string of the molecule is N#CC(=Cc1cn[nH]c1-c1ccccc1)c1nc(-c2cc3cc(Br)ccc3oc2=O)cs1. The number of aromatic amines is 1. The number of rotatable bonds is 4. The van der Waals surface area contributed by atoms with Crippen LogP contribution < -0.4 is 5.63 Å². The first-order chi connectivity index (χ1) is 15.6. The van der Waals surface area contributed by atoms with Crippen molar-refractivity contribution in [3.63, 3.8) is 0 Å². The predicted octanol–water partition coefficient (Wildman–Crippen LogP) is 6.13. The molecule has 0 fully saturated rings. The van der Waals surface area contributed by atoms with Gasteiger partial charge in [0.2, 0.25) is 0 Å². The maximum atomic E-state index is 12.5. The van der Waals surface area contributed by atoms with Crippen molar-refractivity contribution in [2.45, 2.75) is 0 Å². The summed E-state index contributed by atoms with van der Waals surface area (Å²) in [5.41, 5.74) is 3.79. The summed E-state index contributed by atoms with van der Waals surface area (Å²) < 4.78 is 6.33. The molecule has 3 heterocycles. The lowest BCUT2D eigenvalue weighted by molar-refractivity contribution is 0.563. The van der Waals surface area contributed by atoms with Gasteiger partial charge in [0.15, 0.2) is 0 Å². The van der Waals surface area contributed by atoms with Gasteiger partial charge in [-0.25, -0.2) is 9.78 Å². The van der Waals surface area contributed by atoms with Gasteiger partial charge in [-0.15, -0.1) is 11.3 Å². The Bertz CT molecular complexity index is 1580. The first kappa shape index (κ1) is 20.1. The molecule has 0 saturated heterocycles. The van der Waals surface area contributed by atoms with Gasteiger partial charge in [0.25, 0.3) is 0 Å². The number of thiazole rings is 1. The van der Waals surface area contributed by atoms with Crippen molar-refractivity contribution in [1.82, 2.24) is 15.2 Å². The zero-order valence-electron chi connectivity index (χ0n) is 16.4. The molecule has 0 bridgehead atoms. The Morgan fingerprint density at radius 3 is 2.84 bits per heavy atom. The number of hydrogen-bond acceptors (Lipinski definition) is 6. The fourth-order valence-corrected chi connectivity index (χ4v) is 4.50. The Hall–Kier alpha value is -3.80. The van der Waals surface area contributed by atoms with E-state index in [2.05, 4.69) is 37.2 Å². The molecule has 2 aromatic carbocycles. The van der Waals surface area contributed by atoms with Crippen LogP contribution in [0.1, 0.15) is 10.6 Å². The molecule has 0 spiro atoms. The Morgan fingerprint density at radius 2 is 2.03 bits per heavy atom. The number of halogens is 1. The Kier molecular flexibility index (Phi) is 5.27. The van der Waals surface area contributed by atoms with Crippen LogP contribution in [0.4, 0.5) is 0 Å². The Morgan fingerprint density at radius 1 is 1.19 bits per heavy atom. The second-order valence-electron chi connectivity index (χ2n) is 6.90. The van der Waals surface area contributed by atoms with Gasteiger partial charge in [0.05, 0.1) is 28.7 Å². The molecule has 0 amide bonds. The minimum atomic E-state index is -0.472. The van der Waals surface area contributed by atoms with Crippen LogP contribution >= 0.6 is 27.3 Å². The van der Waals surface area contributed by atoms with E-state index in [9.17, 15) is 10.1 Å². The summed E-state index contributed by atoms with van der Waals surface area (Å²) in [7, 11) is 0. The molecule has 5 rings (SSSR count). The molecule has 1 N–H and O–H groups in total. The molecular formula is C24H13BrN4O2S. The molecule has 0 atom stereocenters. The van der Waals surface area contributed by atoms with Crippen LogP contribution in [0.25, 0.3) is 45.1 Å². The quantitative estimate of drug-likeness (QED) is 0.236. The fraction of sp³-hybridized carbons (Fsp3) is 0. The van der Waals surface area contributed by atoms with Gasteiger partial charge in [-0.2, -0.15) is 10.4 Å². The van der Waals surface area contributed by atoms with E-state index in [1.807, 2.05) is 42.5 Å². The molecule has 0 aliphatic rings. The van der Waals surface area contributed by atoms with E-state index >= 15 is 0 Å². The van der Waals surface area contributed by atoms with Gasteiger partial charge < -0.3 is 4.42 Å². The summed E-state index contributed by atoms with van der Waals surface area (Å²) in [6.07, 6.45) is 3.42. The van der Waals surface area contributed by atoms with Crippen LogP contribution in [0, 0.1) is 11.3 Å². The van der Waals surface area contributed by atoms with Crippen molar-refractivity contribution < 1.29 is 4.42 Å². The third kappa shape index (κ3) is 3.80. The molecule has 3 aromatic heterocycles. The first-order valence-corrected chi connectivity index (χ1v) is 11.2. The monoisotopic (exact) mass is 500 g/mol. The van der Waals surface area contributed by atoms with E-state index in [0.717, 1.165) is 26.7 Å². The molecule has 5 aromatic rings. The average molecular weight is 501 g/mol. The van der Waals surface area contributed by atoms with Gasteiger partial charge in [0, 0.05) is 26.4 Å². The molecule has 32 heavy (non-hydrogen) atoms. The van der Waals surface area contributed by atoms with Crippen molar-refractivity contribution >= 4 is 49.9 Å². The number of nitriles is 1. The van der Waals surface area contributed by atoms with Gasteiger partial charge >= 0.3 is 5.63 Å². The summed E-state index contributed by atoms with van der Waals surface area (Å²) in [4.78, 5) is 17.1. The van der Waals surface area contributed by atoms with E-state index in [-0.39, 0.29) is 0 Å². The fourth-order valence-electron chi connectivity index (χ4n) is 3.33. The lowest BCUT2D eigenvalue weighted by Crippen LogP contribution is -2.02. The van der Waals surface area contributed by atoms with Crippen molar-refractivity contribution in [1.29, 1.82) is 5.26 Å². The summed E-state index contributed by atoms with van der Waals surface area (Å²) in [5, 5.41) is 19.9. The van der Waals surface area contributed by atoms with Gasteiger partial charge in [0.1, 0.15) is 16.7 Å². The molecule has 0 saturated carbocycles. The number of nitrogens with zero attached hydrogens (tertiary/aromatic N) is 3. The summed E-state index contributed by atoms with van der Waals surface area (Å²) in [5.74, 6) is 0. The van der Waals surface area contributed by atoms with E-state index in [1.165, 1.54) is 11.3 Å². The van der Waals surface area contributed by atoms with Gasteiger partial charge in [-0.1, -0.05) is 46.3 Å². The van der Waals surface area contributed by atoms with Gasteiger partial charge in [-0.05, 0) is 30.3 Å². The smallest absolute Gasteiger partial charge is 0.345 e. The second-order valence-corrected chi connectivity index (χ2v) is 8.68. The largest absolute Gasteiger partial charge is 0.422 e. The molecule has 8 heteroatoms. The average Bonchev–Trinajstić information content (AvgIpc) is 3.47. The minimum absolute atomic E-state index is 0.351. The third-order valence-electron chi connectivity index (χ3n) is 4.86.